The van der Waals surface area contributed by atoms with Crippen LogP contribution in [-0.4, -0.2) is 22.7 Å². The number of ether oxygens (including phenoxy) is 2. The fraction of sp³-hybridized carbons (Fsp3) is 0.308. The van der Waals surface area contributed by atoms with Crippen molar-refractivity contribution < 1.29 is 14.3 Å². The first-order valence-corrected chi connectivity index (χ1v) is 10.3. The second kappa shape index (κ2) is 9.21. The molecule has 162 valence electrons. The summed E-state index contributed by atoms with van der Waals surface area (Å²) in [5, 5.41) is 4.04. The first-order valence-electron chi connectivity index (χ1n) is 10.3. The molecule has 1 aromatic heterocycles. The van der Waals surface area contributed by atoms with Crippen LogP contribution >= 0.6 is 0 Å². The van der Waals surface area contributed by atoms with Crippen molar-refractivity contribution in [3.8, 4) is 11.5 Å². The number of nitrogens with zero attached hydrogens (tertiary/aromatic N) is 2. The molecule has 0 aliphatic heterocycles. The zero-order valence-electron chi connectivity index (χ0n) is 19.1. The van der Waals surface area contributed by atoms with E-state index in [4.69, 9.17) is 9.47 Å². The van der Waals surface area contributed by atoms with Crippen molar-refractivity contribution in [3.63, 3.8) is 0 Å². The number of methoxy groups -OCH3 is 1. The molecule has 0 unspecified atom stereocenters. The summed E-state index contributed by atoms with van der Waals surface area (Å²) in [4.78, 5) is 12.3. The second-order valence-corrected chi connectivity index (χ2v) is 8.71. The molecule has 0 N–H and O–H groups in total. The largest absolute Gasteiger partial charge is 0.496 e. The molecule has 0 bridgehead atoms. The predicted molar refractivity (Wildman–Crippen MR) is 124 cm³/mol. The smallest absolute Gasteiger partial charge is 0.189 e. The summed E-state index contributed by atoms with van der Waals surface area (Å²) >= 11 is 0. The number of aromatic nitrogens is 2. The van der Waals surface area contributed by atoms with Crippen molar-refractivity contribution in [1.29, 1.82) is 0 Å². The van der Waals surface area contributed by atoms with Gasteiger partial charge in [-0.1, -0.05) is 45.0 Å². The van der Waals surface area contributed by atoms with Crippen LogP contribution in [0.25, 0.3) is 6.08 Å². The Hall–Kier alpha value is -3.34. The van der Waals surface area contributed by atoms with Gasteiger partial charge in [-0.2, -0.15) is 5.10 Å². The molecule has 0 atom stereocenters. The summed E-state index contributed by atoms with van der Waals surface area (Å²) in [6.07, 6.45) is 6.62. The van der Waals surface area contributed by atoms with Crippen molar-refractivity contribution in [2.24, 2.45) is 7.05 Å². The Morgan fingerprint density at radius 2 is 1.90 bits per heavy atom. The molecule has 31 heavy (non-hydrogen) atoms. The van der Waals surface area contributed by atoms with Gasteiger partial charge in [0, 0.05) is 18.8 Å². The minimum atomic E-state index is -0.0868. The zero-order chi connectivity index (χ0) is 22.6. The van der Waals surface area contributed by atoms with Crippen molar-refractivity contribution >= 4 is 11.9 Å². The molecule has 3 aromatic rings. The molecular formula is C26H30N2O3. The van der Waals surface area contributed by atoms with Crippen molar-refractivity contribution in [1.82, 2.24) is 9.78 Å². The first kappa shape index (κ1) is 22.3. The first-order chi connectivity index (χ1) is 14.7. The number of carbonyl (C=O) groups is 1. The van der Waals surface area contributed by atoms with Crippen molar-refractivity contribution in [2.75, 3.05) is 7.11 Å². The molecule has 0 amide bonds. The molecule has 0 saturated heterocycles. The predicted octanol–water partition coefficient (Wildman–Crippen LogP) is 5.51. The number of allylic oxidation sites excluding steroid dienone is 1. The molecule has 0 aliphatic rings. The third-order valence-corrected chi connectivity index (χ3v) is 5.05. The van der Waals surface area contributed by atoms with E-state index in [1.807, 2.05) is 18.2 Å². The van der Waals surface area contributed by atoms with Gasteiger partial charge in [-0.05, 0) is 53.3 Å². The Balaban J connectivity index is 1.81. The summed E-state index contributed by atoms with van der Waals surface area (Å²) in [5.74, 6) is 1.54. The molecule has 0 fully saturated rings. The van der Waals surface area contributed by atoms with Gasteiger partial charge in [0.05, 0.1) is 18.9 Å². The molecule has 5 heteroatoms. The lowest BCUT2D eigenvalue weighted by atomic mass is 9.86. The van der Waals surface area contributed by atoms with Crippen LogP contribution in [-0.2, 0) is 19.1 Å². The average Bonchev–Trinajstić information content (AvgIpc) is 3.16. The van der Waals surface area contributed by atoms with Crippen molar-refractivity contribution in [3.05, 3.63) is 82.7 Å². The van der Waals surface area contributed by atoms with E-state index in [1.165, 1.54) is 0 Å². The molecule has 0 spiro atoms. The summed E-state index contributed by atoms with van der Waals surface area (Å²) in [6, 6.07) is 12.1. The standard InChI is InChI=1S/C26H30N2O3/c1-18-7-10-22(26(2,3)4)25(13-18)31-17-20-14-19(9-12-24(20)30-6)8-11-23(29)21-15-27-28(5)16-21/h7-16H,17H2,1-6H3/b11-8+. The third-order valence-electron chi connectivity index (χ3n) is 5.05. The highest BCUT2D eigenvalue weighted by atomic mass is 16.5. The van der Waals surface area contributed by atoms with Gasteiger partial charge in [0.1, 0.15) is 18.1 Å². The minimum absolute atomic E-state index is 0.0234. The highest BCUT2D eigenvalue weighted by Gasteiger charge is 2.19. The van der Waals surface area contributed by atoms with E-state index < -0.39 is 0 Å². The maximum absolute atomic E-state index is 12.3. The van der Waals surface area contributed by atoms with E-state index in [0.29, 0.717) is 12.2 Å². The fourth-order valence-electron chi connectivity index (χ4n) is 3.36. The third kappa shape index (κ3) is 5.63. The van der Waals surface area contributed by atoms with Crippen LogP contribution in [0.4, 0.5) is 0 Å². The van der Waals surface area contributed by atoms with Gasteiger partial charge in [-0.15, -0.1) is 0 Å². The van der Waals surface area contributed by atoms with Crippen molar-refractivity contribution in [2.45, 2.75) is 39.7 Å². The molecule has 0 radical (unpaired) electrons. The number of ketones is 1. The van der Waals surface area contributed by atoms with Gasteiger partial charge in [0.25, 0.3) is 0 Å². The van der Waals surface area contributed by atoms with Crippen LogP contribution in [0.1, 0.15) is 53.4 Å². The summed E-state index contributed by atoms with van der Waals surface area (Å²) in [5.41, 5.74) is 4.67. The van der Waals surface area contributed by atoms with Gasteiger partial charge in [0.15, 0.2) is 5.78 Å². The van der Waals surface area contributed by atoms with Crippen LogP contribution in [0.3, 0.4) is 0 Å². The molecule has 2 aromatic carbocycles. The maximum Gasteiger partial charge on any atom is 0.189 e. The van der Waals surface area contributed by atoms with E-state index in [2.05, 4.69) is 51.0 Å². The molecular weight excluding hydrogens is 388 g/mol. The highest BCUT2D eigenvalue weighted by molar-refractivity contribution is 6.06. The van der Waals surface area contributed by atoms with Crippen LogP contribution in [0.15, 0.2) is 54.9 Å². The number of hydrogen-bond donors (Lipinski definition) is 0. The Bertz CT molecular complexity index is 1100. The minimum Gasteiger partial charge on any atom is -0.496 e. The number of carbonyl (C=O) groups excluding carboxylic acids is 1. The zero-order valence-corrected chi connectivity index (χ0v) is 19.1. The lowest BCUT2D eigenvalue weighted by Gasteiger charge is -2.23. The molecule has 0 saturated carbocycles. The van der Waals surface area contributed by atoms with Gasteiger partial charge in [-0.25, -0.2) is 0 Å². The van der Waals surface area contributed by atoms with Crippen LogP contribution in [0.2, 0.25) is 0 Å². The van der Waals surface area contributed by atoms with E-state index >= 15 is 0 Å². The number of hydrogen-bond acceptors (Lipinski definition) is 4. The van der Waals surface area contributed by atoms with Gasteiger partial charge < -0.3 is 9.47 Å². The Morgan fingerprint density at radius 1 is 1.13 bits per heavy atom. The molecule has 0 aliphatic carbocycles. The number of benzene rings is 2. The summed E-state index contributed by atoms with van der Waals surface area (Å²) < 4.78 is 13.4. The van der Waals surface area contributed by atoms with E-state index in [1.54, 1.807) is 43.4 Å². The molecule has 3 rings (SSSR count). The Morgan fingerprint density at radius 3 is 2.55 bits per heavy atom. The van der Waals surface area contributed by atoms with Gasteiger partial charge in [0.2, 0.25) is 0 Å². The number of rotatable bonds is 7. The van der Waals surface area contributed by atoms with E-state index in [0.717, 1.165) is 33.8 Å². The lowest BCUT2D eigenvalue weighted by molar-refractivity contribution is 0.104. The van der Waals surface area contributed by atoms with Gasteiger partial charge >= 0.3 is 0 Å². The topological polar surface area (TPSA) is 53.3 Å². The molecule has 1 heterocycles. The van der Waals surface area contributed by atoms with E-state index in [9.17, 15) is 4.79 Å². The quantitative estimate of drug-likeness (QED) is 0.375. The highest BCUT2D eigenvalue weighted by Crippen LogP contribution is 2.33. The maximum atomic E-state index is 12.3. The fourth-order valence-corrected chi connectivity index (χ4v) is 3.36. The summed E-state index contributed by atoms with van der Waals surface area (Å²) in [7, 11) is 3.43. The van der Waals surface area contributed by atoms with Gasteiger partial charge in [-0.3, -0.25) is 9.48 Å². The lowest BCUT2D eigenvalue weighted by Crippen LogP contribution is -2.13. The Labute approximate surface area is 184 Å². The second-order valence-electron chi connectivity index (χ2n) is 8.71. The molecule has 5 nitrogen and oxygen atoms in total. The summed E-state index contributed by atoms with van der Waals surface area (Å²) in [6.45, 7) is 8.96. The van der Waals surface area contributed by atoms with Crippen LogP contribution in [0, 0.1) is 6.92 Å². The number of aryl methyl sites for hydroxylation is 2. The van der Waals surface area contributed by atoms with Crippen LogP contribution < -0.4 is 9.47 Å². The normalized spacial score (nSPS) is 11.7. The monoisotopic (exact) mass is 418 g/mol. The Kier molecular flexibility index (Phi) is 6.64. The van der Waals surface area contributed by atoms with Crippen LogP contribution in [0.5, 0.6) is 11.5 Å². The average molecular weight is 419 g/mol. The van der Waals surface area contributed by atoms with E-state index in [-0.39, 0.29) is 11.2 Å². The SMILES string of the molecule is COc1ccc(/C=C/C(=O)c2cnn(C)c2)cc1COc1cc(C)ccc1C(C)(C)C.